The lowest BCUT2D eigenvalue weighted by atomic mass is 10.1. The highest BCUT2D eigenvalue weighted by Gasteiger charge is 2.14. The van der Waals surface area contributed by atoms with E-state index in [2.05, 4.69) is 12.2 Å². The molecule has 20 heavy (non-hydrogen) atoms. The molecular formula is C15H24FNO3. The number of ether oxygens (including phenoxy) is 2. The van der Waals surface area contributed by atoms with Crippen LogP contribution in [0.4, 0.5) is 4.39 Å². The number of nitrogens with one attached hydrogen (secondary N) is 1. The number of methoxy groups -OCH3 is 1. The van der Waals surface area contributed by atoms with Gasteiger partial charge in [0.15, 0.2) is 0 Å². The molecule has 0 saturated heterocycles. The summed E-state index contributed by atoms with van der Waals surface area (Å²) in [5, 5.41) is 12.9. The van der Waals surface area contributed by atoms with Crippen molar-refractivity contribution >= 4 is 0 Å². The van der Waals surface area contributed by atoms with Gasteiger partial charge < -0.3 is 19.9 Å². The van der Waals surface area contributed by atoms with Gasteiger partial charge in [-0.25, -0.2) is 4.39 Å². The van der Waals surface area contributed by atoms with E-state index < -0.39 is 6.10 Å². The maximum Gasteiger partial charge on any atom is 0.124 e. The first-order chi connectivity index (χ1) is 9.58. The summed E-state index contributed by atoms with van der Waals surface area (Å²) in [6.07, 6.45) is 0.305. The molecule has 0 heterocycles. The summed E-state index contributed by atoms with van der Waals surface area (Å²) in [5.41, 5.74) is 0.753. The van der Waals surface area contributed by atoms with Crippen LogP contribution in [0.25, 0.3) is 0 Å². The summed E-state index contributed by atoms with van der Waals surface area (Å²) >= 11 is 0. The highest BCUT2D eigenvalue weighted by atomic mass is 19.1. The van der Waals surface area contributed by atoms with Crippen molar-refractivity contribution in [1.29, 1.82) is 0 Å². The molecule has 1 aromatic carbocycles. The third-order valence-corrected chi connectivity index (χ3v) is 2.93. The predicted octanol–water partition coefficient (Wildman–Crippen LogP) is 2.27. The monoisotopic (exact) mass is 285 g/mol. The van der Waals surface area contributed by atoms with Crippen molar-refractivity contribution in [2.24, 2.45) is 0 Å². The van der Waals surface area contributed by atoms with Crippen molar-refractivity contribution in [2.75, 3.05) is 26.9 Å². The van der Waals surface area contributed by atoms with Crippen LogP contribution in [0.15, 0.2) is 18.2 Å². The fourth-order valence-corrected chi connectivity index (χ4v) is 1.89. The van der Waals surface area contributed by atoms with Gasteiger partial charge in [-0.2, -0.15) is 0 Å². The van der Waals surface area contributed by atoms with Gasteiger partial charge in [0.05, 0.1) is 6.61 Å². The van der Waals surface area contributed by atoms with E-state index in [0.717, 1.165) is 18.5 Å². The average molecular weight is 285 g/mol. The zero-order chi connectivity index (χ0) is 15.0. The van der Waals surface area contributed by atoms with Crippen molar-refractivity contribution in [3.05, 3.63) is 29.6 Å². The van der Waals surface area contributed by atoms with Crippen molar-refractivity contribution in [3.8, 4) is 5.75 Å². The third kappa shape index (κ3) is 5.45. The van der Waals surface area contributed by atoms with E-state index in [1.807, 2.05) is 6.92 Å². The highest BCUT2D eigenvalue weighted by molar-refractivity contribution is 5.36. The first-order valence-corrected chi connectivity index (χ1v) is 6.91. The van der Waals surface area contributed by atoms with Crippen molar-refractivity contribution in [3.63, 3.8) is 0 Å². The first-order valence-electron chi connectivity index (χ1n) is 6.91. The molecule has 0 aliphatic heterocycles. The van der Waals surface area contributed by atoms with Crippen LogP contribution >= 0.6 is 0 Å². The molecule has 2 unspecified atom stereocenters. The largest absolute Gasteiger partial charge is 0.490 e. The molecule has 2 atom stereocenters. The topological polar surface area (TPSA) is 50.7 Å². The Morgan fingerprint density at radius 2 is 2.10 bits per heavy atom. The Hall–Kier alpha value is -1.17. The Labute approximate surface area is 119 Å². The van der Waals surface area contributed by atoms with Crippen LogP contribution < -0.4 is 10.1 Å². The molecule has 1 aromatic rings. The first kappa shape index (κ1) is 16.9. The number of hydrogen-bond donors (Lipinski definition) is 2. The van der Waals surface area contributed by atoms with Gasteiger partial charge in [0.1, 0.15) is 24.3 Å². The molecule has 1 rings (SSSR count). The Morgan fingerprint density at radius 3 is 2.75 bits per heavy atom. The minimum atomic E-state index is -0.697. The van der Waals surface area contributed by atoms with E-state index in [1.165, 1.54) is 19.2 Å². The second kappa shape index (κ2) is 8.89. The number of aliphatic hydroxyl groups is 1. The van der Waals surface area contributed by atoms with Gasteiger partial charge in [-0.15, -0.1) is 0 Å². The lowest BCUT2D eigenvalue weighted by Crippen LogP contribution is -2.24. The molecule has 114 valence electrons. The van der Waals surface area contributed by atoms with Crippen LogP contribution in [0, 0.1) is 5.82 Å². The van der Waals surface area contributed by atoms with Gasteiger partial charge >= 0.3 is 0 Å². The molecule has 0 spiro atoms. The molecule has 4 nitrogen and oxygen atoms in total. The van der Waals surface area contributed by atoms with E-state index in [9.17, 15) is 9.50 Å². The molecule has 0 saturated carbocycles. The van der Waals surface area contributed by atoms with Crippen molar-refractivity contribution in [2.45, 2.75) is 32.4 Å². The Morgan fingerprint density at radius 1 is 1.35 bits per heavy atom. The van der Waals surface area contributed by atoms with Gasteiger partial charge in [0.25, 0.3) is 0 Å². The smallest absolute Gasteiger partial charge is 0.124 e. The molecule has 0 amide bonds. The minimum Gasteiger partial charge on any atom is -0.490 e. The zero-order valence-corrected chi connectivity index (χ0v) is 12.4. The van der Waals surface area contributed by atoms with E-state index in [-0.39, 0.29) is 25.1 Å². The lowest BCUT2D eigenvalue weighted by Gasteiger charge is -2.19. The van der Waals surface area contributed by atoms with Gasteiger partial charge in [0.2, 0.25) is 0 Å². The van der Waals surface area contributed by atoms with Crippen molar-refractivity contribution in [1.82, 2.24) is 5.32 Å². The Bertz CT molecular complexity index is 401. The summed E-state index contributed by atoms with van der Waals surface area (Å²) in [5.74, 6) is 0.285. The second-order valence-corrected chi connectivity index (χ2v) is 4.78. The summed E-state index contributed by atoms with van der Waals surface area (Å²) < 4.78 is 23.8. The van der Waals surface area contributed by atoms with Crippen LogP contribution in [0.3, 0.4) is 0 Å². The highest BCUT2D eigenvalue weighted by Crippen LogP contribution is 2.26. The molecule has 0 bridgehead atoms. The molecule has 0 aliphatic carbocycles. The van der Waals surface area contributed by atoms with Gasteiger partial charge in [-0.3, -0.25) is 0 Å². The summed E-state index contributed by atoms with van der Waals surface area (Å²) in [7, 11) is 1.52. The maximum atomic E-state index is 13.4. The molecule has 0 radical (unpaired) electrons. The SMILES string of the molecule is CCCNC(C)c1cc(F)ccc1OCC(O)COC. The quantitative estimate of drug-likeness (QED) is 0.731. The Kier molecular flexibility index (Phi) is 7.51. The van der Waals surface area contributed by atoms with E-state index >= 15 is 0 Å². The van der Waals surface area contributed by atoms with Crippen LogP contribution in [-0.2, 0) is 4.74 Å². The number of hydrogen-bond acceptors (Lipinski definition) is 4. The maximum absolute atomic E-state index is 13.4. The summed E-state index contributed by atoms with van der Waals surface area (Å²) in [6.45, 7) is 5.21. The molecule has 2 N–H and O–H groups in total. The average Bonchev–Trinajstić information content (AvgIpc) is 2.43. The van der Waals surface area contributed by atoms with Crippen LogP contribution in [0.5, 0.6) is 5.75 Å². The van der Waals surface area contributed by atoms with Crippen LogP contribution in [-0.4, -0.2) is 38.1 Å². The number of halogens is 1. The van der Waals surface area contributed by atoms with Crippen LogP contribution in [0.1, 0.15) is 31.9 Å². The molecular weight excluding hydrogens is 261 g/mol. The predicted molar refractivity (Wildman–Crippen MR) is 76.5 cm³/mol. The van der Waals surface area contributed by atoms with E-state index in [0.29, 0.717) is 5.75 Å². The number of rotatable bonds is 9. The minimum absolute atomic E-state index is 0.0137. The Balaban J connectivity index is 2.73. The normalized spacial score (nSPS) is 14.1. The number of benzene rings is 1. The van der Waals surface area contributed by atoms with Crippen molar-refractivity contribution < 1.29 is 19.0 Å². The second-order valence-electron chi connectivity index (χ2n) is 4.78. The fraction of sp³-hybridized carbons (Fsp3) is 0.600. The van der Waals surface area contributed by atoms with Gasteiger partial charge in [-0.05, 0) is 38.1 Å². The standard InChI is InChI=1S/C15H24FNO3/c1-4-7-17-11(2)14-8-12(16)5-6-15(14)20-10-13(18)9-19-3/h5-6,8,11,13,17-18H,4,7,9-10H2,1-3H3. The molecule has 0 fully saturated rings. The van der Waals surface area contributed by atoms with Gasteiger partial charge in [-0.1, -0.05) is 6.92 Å². The third-order valence-electron chi connectivity index (χ3n) is 2.93. The van der Waals surface area contributed by atoms with Gasteiger partial charge in [0, 0.05) is 18.7 Å². The van der Waals surface area contributed by atoms with Crippen LogP contribution in [0.2, 0.25) is 0 Å². The summed E-state index contributed by atoms with van der Waals surface area (Å²) in [4.78, 5) is 0. The zero-order valence-electron chi connectivity index (χ0n) is 12.4. The molecule has 0 aliphatic rings. The fourth-order valence-electron chi connectivity index (χ4n) is 1.89. The molecule has 0 aromatic heterocycles. The lowest BCUT2D eigenvalue weighted by molar-refractivity contribution is 0.0322. The molecule has 5 heteroatoms. The van der Waals surface area contributed by atoms with E-state index in [1.54, 1.807) is 6.07 Å². The van der Waals surface area contributed by atoms with E-state index in [4.69, 9.17) is 9.47 Å². The summed E-state index contributed by atoms with van der Waals surface area (Å²) in [6, 6.07) is 4.40. The number of aliphatic hydroxyl groups excluding tert-OH is 1.